The normalized spacial score (nSPS) is 18.5. The summed E-state index contributed by atoms with van der Waals surface area (Å²) < 4.78 is 0. The molecule has 1 aliphatic heterocycles. The largest absolute Gasteiger partial charge is 0.507 e. The van der Waals surface area contributed by atoms with Crippen LogP contribution in [0.25, 0.3) is 0 Å². The second-order valence-electron chi connectivity index (χ2n) is 9.30. The highest BCUT2D eigenvalue weighted by Crippen LogP contribution is 2.48. The van der Waals surface area contributed by atoms with E-state index < -0.39 is 0 Å². The molecule has 0 aliphatic carbocycles. The van der Waals surface area contributed by atoms with Crippen molar-refractivity contribution in [3.05, 3.63) is 40.4 Å². The molecule has 0 aromatic heterocycles. The molecular formula is C22H34N2O2S. The van der Waals surface area contributed by atoms with Crippen molar-refractivity contribution in [3.63, 3.8) is 0 Å². The summed E-state index contributed by atoms with van der Waals surface area (Å²) in [4.78, 5) is 14.9. The highest BCUT2D eigenvalue weighted by Gasteiger charge is 2.38. The van der Waals surface area contributed by atoms with Gasteiger partial charge in [-0.2, -0.15) is 0 Å². The molecule has 1 unspecified atom stereocenters. The van der Waals surface area contributed by atoms with Gasteiger partial charge in [0.05, 0.1) is 5.03 Å². The molecule has 1 atom stereocenters. The summed E-state index contributed by atoms with van der Waals surface area (Å²) in [6.07, 6.45) is 0.893. The first-order valence-electron chi connectivity index (χ1n) is 9.57. The summed E-state index contributed by atoms with van der Waals surface area (Å²) in [6, 6.07) is 4.01. The van der Waals surface area contributed by atoms with E-state index >= 15 is 0 Å². The maximum absolute atomic E-state index is 13.1. The fourth-order valence-electron chi connectivity index (χ4n) is 3.33. The van der Waals surface area contributed by atoms with Crippen molar-refractivity contribution in [1.82, 2.24) is 10.2 Å². The molecule has 27 heavy (non-hydrogen) atoms. The maximum Gasteiger partial charge on any atom is 0.245 e. The molecule has 1 heterocycles. The van der Waals surface area contributed by atoms with Gasteiger partial charge in [-0.25, -0.2) is 0 Å². The van der Waals surface area contributed by atoms with Gasteiger partial charge < -0.3 is 15.3 Å². The number of aromatic hydroxyl groups is 1. The van der Waals surface area contributed by atoms with Gasteiger partial charge in [-0.05, 0) is 59.7 Å². The first-order valence-corrected chi connectivity index (χ1v) is 10.4. The Hall–Kier alpha value is -1.46. The fraction of sp³-hybridized carbons (Fsp3) is 0.591. The van der Waals surface area contributed by atoms with Gasteiger partial charge in [0.1, 0.15) is 11.0 Å². The lowest BCUT2D eigenvalue weighted by atomic mass is 9.78. The molecular weight excluding hydrogens is 356 g/mol. The van der Waals surface area contributed by atoms with E-state index in [9.17, 15) is 9.90 Å². The Morgan fingerprint density at radius 3 is 2.11 bits per heavy atom. The lowest BCUT2D eigenvalue weighted by Gasteiger charge is -2.29. The number of thioether (sulfide) groups is 1. The molecule has 0 saturated carbocycles. The molecule has 2 N–H and O–H groups in total. The van der Waals surface area contributed by atoms with Crippen LogP contribution in [0.4, 0.5) is 0 Å². The van der Waals surface area contributed by atoms with Crippen molar-refractivity contribution in [2.24, 2.45) is 0 Å². The molecule has 1 aromatic rings. The van der Waals surface area contributed by atoms with Crippen LogP contribution in [-0.4, -0.2) is 36.1 Å². The van der Waals surface area contributed by atoms with Crippen LogP contribution in [0, 0.1) is 0 Å². The second kappa shape index (κ2) is 7.88. The summed E-state index contributed by atoms with van der Waals surface area (Å²) in [5, 5.41) is 14.5. The number of carbonyl (C=O) groups is 1. The fourth-order valence-corrected chi connectivity index (χ4v) is 4.41. The molecule has 2 rings (SSSR count). The van der Waals surface area contributed by atoms with Gasteiger partial charge in [-0.15, -0.1) is 0 Å². The summed E-state index contributed by atoms with van der Waals surface area (Å²) in [5.74, 6) is 0.436. The number of amides is 1. The monoisotopic (exact) mass is 390 g/mol. The molecule has 1 aromatic carbocycles. The average molecular weight is 391 g/mol. The van der Waals surface area contributed by atoms with Crippen molar-refractivity contribution in [3.8, 4) is 5.75 Å². The van der Waals surface area contributed by atoms with Gasteiger partial charge in [-0.3, -0.25) is 4.79 Å². The van der Waals surface area contributed by atoms with Crippen molar-refractivity contribution >= 4 is 17.7 Å². The highest BCUT2D eigenvalue weighted by atomic mass is 32.2. The summed E-state index contributed by atoms with van der Waals surface area (Å²) >= 11 is 1.52. The van der Waals surface area contributed by atoms with E-state index in [4.69, 9.17) is 0 Å². The Morgan fingerprint density at radius 2 is 1.67 bits per heavy atom. The van der Waals surface area contributed by atoms with Crippen LogP contribution in [0.3, 0.4) is 0 Å². The van der Waals surface area contributed by atoms with Gasteiger partial charge in [0.2, 0.25) is 5.91 Å². The van der Waals surface area contributed by atoms with E-state index in [1.807, 2.05) is 19.2 Å². The summed E-state index contributed by atoms with van der Waals surface area (Å²) in [5.41, 5.74) is 2.30. The van der Waals surface area contributed by atoms with Gasteiger partial charge >= 0.3 is 0 Å². The van der Waals surface area contributed by atoms with Crippen LogP contribution in [-0.2, 0) is 15.6 Å². The van der Waals surface area contributed by atoms with Crippen molar-refractivity contribution in [1.29, 1.82) is 0 Å². The van der Waals surface area contributed by atoms with Crippen LogP contribution in [0.2, 0.25) is 0 Å². The summed E-state index contributed by atoms with van der Waals surface area (Å²) in [7, 11) is 1.91. The third kappa shape index (κ3) is 4.69. The minimum absolute atomic E-state index is 0.0894. The van der Waals surface area contributed by atoms with Crippen molar-refractivity contribution in [2.45, 2.75) is 64.0 Å². The smallest absolute Gasteiger partial charge is 0.245 e. The molecule has 150 valence electrons. The minimum Gasteiger partial charge on any atom is -0.507 e. The molecule has 5 heteroatoms. The van der Waals surface area contributed by atoms with E-state index in [-0.39, 0.29) is 22.0 Å². The quantitative estimate of drug-likeness (QED) is 0.717. The van der Waals surface area contributed by atoms with Crippen molar-refractivity contribution < 1.29 is 9.90 Å². The standard InChI is InChI=1S/C22H34N2O2S/c1-14-24(11-9-10-23-8)20(26)19(27-14)15-12-16(21(2,3)4)18(25)17(13-15)22(5,6)7/h12-13,19,23,25H,1,9-11H2,2-8H3. The predicted octanol–water partition coefficient (Wildman–Crippen LogP) is 4.68. The minimum atomic E-state index is -0.296. The van der Waals surface area contributed by atoms with Gasteiger partial charge in [-0.1, -0.05) is 59.9 Å². The van der Waals surface area contributed by atoms with Crippen LogP contribution in [0.15, 0.2) is 23.7 Å². The lowest BCUT2D eigenvalue weighted by Crippen LogP contribution is -2.28. The number of phenolic OH excluding ortho intramolecular Hbond substituents is 1. The Bertz CT molecular complexity index is 694. The topological polar surface area (TPSA) is 52.6 Å². The third-order valence-corrected chi connectivity index (χ3v) is 6.11. The molecule has 0 spiro atoms. The molecule has 1 fully saturated rings. The Balaban J connectivity index is 2.46. The van der Waals surface area contributed by atoms with E-state index in [1.54, 1.807) is 4.90 Å². The number of benzene rings is 1. The molecule has 0 bridgehead atoms. The SMILES string of the molecule is C=C1SC(c2cc(C(C)(C)C)c(O)c(C(C)(C)C)c2)C(=O)N1CCCNC. The molecule has 1 amide bonds. The van der Waals surface area contributed by atoms with Gasteiger partial charge in [0.15, 0.2) is 0 Å². The molecule has 1 aliphatic rings. The molecule has 4 nitrogen and oxygen atoms in total. The number of hydrogen-bond acceptors (Lipinski definition) is 4. The van der Waals surface area contributed by atoms with Crippen LogP contribution in [0.1, 0.15) is 69.9 Å². The van der Waals surface area contributed by atoms with Crippen LogP contribution in [0.5, 0.6) is 5.75 Å². The first kappa shape index (κ1) is 21.8. The van der Waals surface area contributed by atoms with E-state index in [2.05, 4.69) is 53.4 Å². The highest BCUT2D eigenvalue weighted by molar-refractivity contribution is 8.04. The van der Waals surface area contributed by atoms with E-state index in [0.29, 0.717) is 12.3 Å². The number of phenols is 1. The zero-order valence-corrected chi connectivity index (χ0v) is 18.6. The Labute approximate surface area is 168 Å². The summed E-state index contributed by atoms with van der Waals surface area (Å²) in [6.45, 7) is 18.2. The number of nitrogens with one attached hydrogen (secondary N) is 1. The molecule has 0 radical (unpaired) electrons. The van der Waals surface area contributed by atoms with Crippen molar-refractivity contribution in [2.75, 3.05) is 20.1 Å². The number of nitrogens with zero attached hydrogens (tertiary/aromatic N) is 1. The Kier molecular flexibility index (Phi) is 6.37. The van der Waals surface area contributed by atoms with Gasteiger partial charge in [0, 0.05) is 6.54 Å². The number of carbonyl (C=O) groups excluding carboxylic acids is 1. The van der Waals surface area contributed by atoms with Crippen LogP contribution >= 0.6 is 11.8 Å². The zero-order chi connectivity index (χ0) is 20.6. The Morgan fingerprint density at radius 1 is 1.15 bits per heavy atom. The van der Waals surface area contributed by atoms with E-state index in [0.717, 1.165) is 34.7 Å². The third-order valence-electron chi connectivity index (χ3n) is 4.90. The zero-order valence-electron chi connectivity index (χ0n) is 17.8. The number of rotatable bonds is 5. The van der Waals surface area contributed by atoms with Gasteiger partial charge in [0.25, 0.3) is 0 Å². The predicted molar refractivity (Wildman–Crippen MR) is 115 cm³/mol. The lowest BCUT2D eigenvalue weighted by molar-refractivity contribution is -0.127. The number of hydrogen-bond donors (Lipinski definition) is 2. The maximum atomic E-state index is 13.1. The van der Waals surface area contributed by atoms with Crippen LogP contribution < -0.4 is 5.32 Å². The second-order valence-corrected chi connectivity index (χ2v) is 10.5. The first-order chi connectivity index (χ1) is 12.4. The average Bonchev–Trinajstić information content (AvgIpc) is 2.81. The molecule has 1 saturated heterocycles. The van der Waals surface area contributed by atoms with E-state index in [1.165, 1.54) is 11.8 Å².